The van der Waals surface area contributed by atoms with E-state index in [1.165, 1.54) is 15.6 Å². The smallest absolute Gasteiger partial charge is 0.407 e. The second kappa shape index (κ2) is 14.4. The number of alkyl carbamates (subject to hydrolysis) is 1. The molecule has 4 fully saturated rings. The molecule has 6 atom stereocenters. The van der Waals surface area contributed by atoms with Crippen LogP contribution in [0.25, 0.3) is 10.2 Å². The summed E-state index contributed by atoms with van der Waals surface area (Å²) in [4.78, 5) is 18.1. The predicted octanol–water partition coefficient (Wildman–Crippen LogP) is 5.40. The summed E-state index contributed by atoms with van der Waals surface area (Å²) >= 11 is 1.45. The van der Waals surface area contributed by atoms with Gasteiger partial charge in [-0.25, -0.2) is 18.2 Å². The molecule has 1 amide bonds. The number of hydrogen-bond donors (Lipinski definition) is 3. The topological polar surface area (TPSA) is 139 Å². The van der Waals surface area contributed by atoms with Crippen LogP contribution in [0.4, 0.5) is 9.93 Å². The van der Waals surface area contributed by atoms with E-state index in [0.717, 1.165) is 59.4 Å². The molecule has 266 valence electrons. The summed E-state index contributed by atoms with van der Waals surface area (Å²) in [5.41, 5.74) is 1.49. The van der Waals surface area contributed by atoms with E-state index in [0.29, 0.717) is 31.6 Å². The molecule has 4 unspecified atom stereocenters. The van der Waals surface area contributed by atoms with E-state index < -0.39 is 28.3 Å². The lowest BCUT2D eigenvalue weighted by Gasteiger charge is -2.31. The monoisotopic (exact) mass is 712 g/mol. The molecule has 4 aliphatic rings. The van der Waals surface area contributed by atoms with Crippen molar-refractivity contribution in [2.75, 3.05) is 38.2 Å². The lowest BCUT2D eigenvalue weighted by Crippen LogP contribution is -2.51. The quantitative estimate of drug-likeness (QED) is 0.201. The Morgan fingerprint density at radius 2 is 1.90 bits per heavy atom. The number of hydrogen-bond acceptors (Lipinski definition) is 10. The number of anilines is 1. The number of carbonyl (C=O) groups excluding carboxylic acids is 1. The van der Waals surface area contributed by atoms with Gasteiger partial charge in [-0.15, -0.1) is 0 Å². The van der Waals surface area contributed by atoms with Gasteiger partial charge in [-0.2, -0.15) is 4.31 Å². The number of aromatic nitrogens is 1. The third kappa shape index (κ3) is 8.57. The van der Waals surface area contributed by atoms with Crippen molar-refractivity contribution in [3.63, 3.8) is 0 Å². The minimum Gasteiger partial charge on any atom is -0.449 e. The molecule has 7 rings (SSSR count). The van der Waals surface area contributed by atoms with Gasteiger partial charge in [0.1, 0.15) is 0 Å². The number of fused-ring (bicyclic) bond motifs is 2. The molecule has 2 aliphatic carbocycles. The maximum absolute atomic E-state index is 14.3. The Hall–Kier alpha value is -2.81. The molecule has 3 N–H and O–H groups in total. The predicted molar refractivity (Wildman–Crippen MR) is 188 cm³/mol. The third-order valence-electron chi connectivity index (χ3n) is 10.4. The average Bonchev–Trinajstić information content (AvgIpc) is 3.97. The Bertz CT molecular complexity index is 1710. The first-order valence-electron chi connectivity index (χ1n) is 17.6. The van der Waals surface area contributed by atoms with Crippen LogP contribution in [0, 0.1) is 23.2 Å². The highest BCUT2D eigenvalue weighted by Gasteiger charge is 2.44. The molecule has 3 heterocycles. The van der Waals surface area contributed by atoms with Gasteiger partial charge in [-0.1, -0.05) is 55.5 Å². The lowest BCUT2D eigenvalue weighted by molar-refractivity contribution is -0.129. The van der Waals surface area contributed by atoms with E-state index in [2.05, 4.69) is 29.5 Å². The second-order valence-electron chi connectivity index (χ2n) is 14.9. The highest BCUT2D eigenvalue weighted by molar-refractivity contribution is 7.89. The number of aliphatic hydroxyl groups excluding tert-OH is 1. The van der Waals surface area contributed by atoms with Gasteiger partial charge >= 0.3 is 6.09 Å². The van der Waals surface area contributed by atoms with E-state index in [1.54, 1.807) is 18.2 Å². The summed E-state index contributed by atoms with van der Waals surface area (Å²) in [5.74, 6) is 0.647. The Balaban J connectivity index is 1.06. The minimum absolute atomic E-state index is 0.0231. The van der Waals surface area contributed by atoms with Crippen LogP contribution in [-0.4, -0.2) is 86.3 Å². The number of sulfonamides is 1. The van der Waals surface area contributed by atoms with Crippen LogP contribution in [0.5, 0.6) is 0 Å². The van der Waals surface area contributed by atoms with Gasteiger partial charge in [-0.05, 0) is 80.0 Å². The van der Waals surface area contributed by atoms with Crippen molar-refractivity contribution in [3.8, 4) is 0 Å². The summed E-state index contributed by atoms with van der Waals surface area (Å²) in [6, 6.07) is 14.2. The Labute approximate surface area is 292 Å². The number of ether oxygens (including phenoxy) is 3. The fourth-order valence-electron chi connectivity index (χ4n) is 6.81. The highest BCUT2D eigenvalue weighted by atomic mass is 32.2. The molecule has 0 bridgehead atoms. The molecular weight excluding hydrogens is 665 g/mol. The first-order chi connectivity index (χ1) is 23.5. The summed E-state index contributed by atoms with van der Waals surface area (Å²) in [6.07, 6.45) is 4.22. The van der Waals surface area contributed by atoms with Gasteiger partial charge in [0.15, 0.2) is 11.4 Å². The summed E-state index contributed by atoms with van der Waals surface area (Å²) in [5, 5.41) is 18.8. The van der Waals surface area contributed by atoms with E-state index in [1.807, 2.05) is 30.3 Å². The number of nitrogens with one attached hydrogen (secondary N) is 2. The first-order valence-corrected chi connectivity index (χ1v) is 19.9. The Kier molecular flexibility index (Phi) is 10.2. The fraction of sp³-hybridized carbons (Fsp3) is 0.611. The molecule has 13 heteroatoms. The van der Waals surface area contributed by atoms with Gasteiger partial charge in [0.05, 0.1) is 47.1 Å². The van der Waals surface area contributed by atoms with Crippen molar-refractivity contribution in [2.45, 2.75) is 88.2 Å². The number of carbonyl (C=O) groups is 1. The first kappa shape index (κ1) is 34.6. The zero-order valence-corrected chi connectivity index (χ0v) is 29.9. The lowest BCUT2D eigenvalue weighted by atomic mass is 9.89. The van der Waals surface area contributed by atoms with Gasteiger partial charge in [-0.3, -0.25) is 0 Å². The maximum atomic E-state index is 14.3. The molecule has 2 aromatic carbocycles. The Morgan fingerprint density at radius 1 is 1.12 bits per heavy atom. The number of benzene rings is 2. The van der Waals surface area contributed by atoms with Crippen LogP contribution >= 0.6 is 11.3 Å². The van der Waals surface area contributed by atoms with E-state index in [9.17, 15) is 18.3 Å². The fourth-order valence-corrected chi connectivity index (χ4v) is 9.50. The van der Waals surface area contributed by atoms with Crippen LogP contribution in [0.15, 0.2) is 53.4 Å². The van der Waals surface area contributed by atoms with E-state index in [-0.39, 0.29) is 48.1 Å². The van der Waals surface area contributed by atoms with Crippen molar-refractivity contribution in [1.82, 2.24) is 14.6 Å². The van der Waals surface area contributed by atoms with Crippen molar-refractivity contribution >= 4 is 42.8 Å². The van der Waals surface area contributed by atoms with Crippen molar-refractivity contribution < 1.29 is 32.5 Å². The summed E-state index contributed by atoms with van der Waals surface area (Å²) in [7, 11) is -3.99. The molecule has 11 nitrogen and oxygen atoms in total. The van der Waals surface area contributed by atoms with Crippen molar-refractivity contribution in [3.05, 3.63) is 54.1 Å². The van der Waals surface area contributed by atoms with Crippen LogP contribution in [0.2, 0.25) is 0 Å². The molecule has 49 heavy (non-hydrogen) atoms. The number of aliphatic hydroxyl groups is 1. The van der Waals surface area contributed by atoms with Gasteiger partial charge in [0.25, 0.3) is 0 Å². The van der Waals surface area contributed by atoms with E-state index in [4.69, 9.17) is 14.2 Å². The van der Waals surface area contributed by atoms with Gasteiger partial charge in [0.2, 0.25) is 10.0 Å². The molecule has 2 aliphatic heterocycles. The largest absolute Gasteiger partial charge is 0.449 e. The zero-order valence-electron chi connectivity index (χ0n) is 28.3. The average molecular weight is 713 g/mol. The molecule has 2 saturated carbocycles. The normalized spacial score (nSPS) is 26.1. The van der Waals surface area contributed by atoms with Gasteiger partial charge < -0.3 is 30.0 Å². The van der Waals surface area contributed by atoms with Crippen LogP contribution in [-0.2, 0) is 30.7 Å². The zero-order chi connectivity index (χ0) is 34.2. The van der Waals surface area contributed by atoms with Crippen molar-refractivity contribution in [1.29, 1.82) is 0 Å². The number of rotatable bonds is 14. The number of nitrogens with zero attached hydrogens (tertiary/aromatic N) is 2. The van der Waals surface area contributed by atoms with E-state index >= 15 is 0 Å². The van der Waals surface area contributed by atoms with Gasteiger partial charge in [0, 0.05) is 31.0 Å². The van der Waals surface area contributed by atoms with Crippen LogP contribution < -0.4 is 10.6 Å². The number of thiazole rings is 1. The van der Waals surface area contributed by atoms with Crippen LogP contribution in [0.3, 0.4) is 0 Å². The summed E-state index contributed by atoms with van der Waals surface area (Å²) < 4.78 is 48.3. The standard InChI is InChI=1S/C36H48N4O7S2/c1-23-8-12-28-25(20-46-33(28)45-19-23)21-47-35(42)39-30(16-24-6-4-3-5-7-24)31(41)18-40(22-36(2)14-15-36)49(43,44)27-11-13-29-32(17-27)48-34(38-29)37-26-9-10-26/h3-7,11,13,17,23,25-26,28,30-31,33,41H,8-10,12,14-16,18-22H2,1-2H3,(H,37,38)(H,39,42)/t23?,25?,28?,30-,31+,33?/m0/s1. The molecule has 0 spiro atoms. The van der Waals surface area contributed by atoms with Crippen LogP contribution in [0.1, 0.15) is 57.9 Å². The molecule has 3 aromatic rings. The highest BCUT2D eigenvalue weighted by Crippen LogP contribution is 2.46. The molecular formula is C36H48N4O7S2. The molecule has 1 aromatic heterocycles. The minimum atomic E-state index is -3.99. The maximum Gasteiger partial charge on any atom is 0.407 e. The second-order valence-corrected chi connectivity index (χ2v) is 17.9. The molecule has 0 radical (unpaired) electrons. The molecule has 2 saturated heterocycles. The third-order valence-corrected chi connectivity index (χ3v) is 13.2. The SMILES string of the molecule is CC1CCC2C(COC(=O)N[C@@H](Cc3ccccc3)[C@H](O)CN(CC3(C)CC3)S(=O)(=O)c3ccc4nc(NC5CC5)sc4c3)COC2OC1. The Morgan fingerprint density at radius 3 is 2.65 bits per heavy atom. The summed E-state index contributed by atoms with van der Waals surface area (Å²) in [6.45, 7) is 5.63. The number of amides is 1. The van der Waals surface area contributed by atoms with Crippen molar-refractivity contribution in [2.24, 2.45) is 23.2 Å².